The second-order valence-electron chi connectivity index (χ2n) is 5.10. The molecule has 0 atom stereocenters. The van der Waals surface area contributed by atoms with Gasteiger partial charge in [-0.25, -0.2) is 4.99 Å². The average Bonchev–Trinajstić information content (AvgIpc) is 3.20. The minimum absolute atomic E-state index is 0.0160. The molecule has 0 aliphatic heterocycles. The summed E-state index contributed by atoms with van der Waals surface area (Å²) in [6.07, 6.45) is 4.54. The number of rotatable bonds is 8. The average molecular weight is 268 g/mol. The van der Waals surface area contributed by atoms with Gasteiger partial charge in [-0.2, -0.15) is 0 Å². The molecule has 0 aromatic heterocycles. The van der Waals surface area contributed by atoms with Crippen LogP contribution in [0.15, 0.2) is 4.99 Å². The van der Waals surface area contributed by atoms with Crippen molar-refractivity contribution in [1.82, 2.24) is 16.0 Å². The molecule has 0 aromatic carbocycles. The number of nitrogens with zero attached hydrogens (tertiary/aromatic N) is 1. The highest BCUT2D eigenvalue weighted by Crippen LogP contribution is 2.18. The molecule has 5 heteroatoms. The summed E-state index contributed by atoms with van der Waals surface area (Å²) >= 11 is 0. The van der Waals surface area contributed by atoms with Crippen LogP contribution in [0.3, 0.4) is 0 Å². The highest BCUT2D eigenvalue weighted by atomic mass is 16.2. The molecule has 1 aliphatic carbocycles. The van der Waals surface area contributed by atoms with E-state index in [0.717, 1.165) is 44.7 Å². The van der Waals surface area contributed by atoms with Crippen molar-refractivity contribution in [3.63, 3.8) is 0 Å². The van der Waals surface area contributed by atoms with E-state index in [9.17, 15) is 4.79 Å². The van der Waals surface area contributed by atoms with Crippen LogP contribution in [-0.4, -0.2) is 37.5 Å². The Morgan fingerprint density at radius 1 is 1.21 bits per heavy atom. The summed E-state index contributed by atoms with van der Waals surface area (Å²) < 4.78 is 0. The molecule has 3 N–H and O–H groups in total. The first-order valence-corrected chi connectivity index (χ1v) is 7.51. The summed E-state index contributed by atoms with van der Waals surface area (Å²) in [4.78, 5) is 15.9. The third-order valence-corrected chi connectivity index (χ3v) is 3.38. The largest absolute Gasteiger partial charge is 0.357 e. The van der Waals surface area contributed by atoms with Crippen molar-refractivity contribution in [2.75, 3.05) is 19.6 Å². The summed E-state index contributed by atoms with van der Waals surface area (Å²) in [6.45, 7) is 8.33. The van der Waals surface area contributed by atoms with E-state index in [1.165, 1.54) is 0 Å². The van der Waals surface area contributed by atoms with E-state index < -0.39 is 0 Å². The smallest absolute Gasteiger partial charge is 0.242 e. The van der Waals surface area contributed by atoms with Crippen molar-refractivity contribution in [2.45, 2.75) is 52.5 Å². The van der Waals surface area contributed by atoms with Gasteiger partial charge in [-0.05, 0) is 25.7 Å². The second-order valence-corrected chi connectivity index (χ2v) is 5.10. The van der Waals surface area contributed by atoms with E-state index in [4.69, 9.17) is 0 Å². The molecule has 5 nitrogen and oxygen atoms in total. The zero-order chi connectivity index (χ0) is 14.1. The normalized spacial score (nSPS) is 15.5. The Bertz CT molecular complexity index is 296. The Kier molecular flexibility index (Phi) is 7.30. The maximum Gasteiger partial charge on any atom is 0.242 e. The lowest BCUT2D eigenvalue weighted by molar-refractivity contribution is -0.119. The number of hydrogen-bond acceptors (Lipinski definition) is 2. The summed E-state index contributed by atoms with van der Waals surface area (Å²) in [5.74, 6) is 1.41. The summed E-state index contributed by atoms with van der Waals surface area (Å²) in [6, 6.07) is 0.405. The van der Waals surface area contributed by atoms with Gasteiger partial charge in [0.25, 0.3) is 0 Å². The standard InChI is InChI=1S/C14H28N4O/c1-4-11(5-2)9-16-14(15-6-3)17-10-13(19)18-12-7-8-12/h11-12H,4-10H2,1-3H3,(H,18,19)(H2,15,16,17). The van der Waals surface area contributed by atoms with E-state index >= 15 is 0 Å². The number of aliphatic imine (C=N–C) groups is 1. The van der Waals surface area contributed by atoms with Crippen LogP contribution in [0.1, 0.15) is 46.5 Å². The van der Waals surface area contributed by atoms with Crippen LogP contribution in [0.25, 0.3) is 0 Å². The van der Waals surface area contributed by atoms with Crippen LogP contribution in [-0.2, 0) is 4.79 Å². The van der Waals surface area contributed by atoms with Crippen LogP contribution in [0, 0.1) is 5.92 Å². The molecule has 1 aliphatic rings. The second kappa shape index (κ2) is 8.77. The van der Waals surface area contributed by atoms with Crippen molar-refractivity contribution in [3.8, 4) is 0 Å². The Morgan fingerprint density at radius 3 is 2.42 bits per heavy atom. The van der Waals surface area contributed by atoms with E-state index in [1.54, 1.807) is 0 Å². The van der Waals surface area contributed by atoms with Gasteiger partial charge in [-0.15, -0.1) is 0 Å². The molecular weight excluding hydrogens is 240 g/mol. The summed E-state index contributed by atoms with van der Waals surface area (Å²) in [7, 11) is 0. The number of carbonyl (C=O) groups is 1. The van der Waals surface area contributed by atoms with E-state index in [2.05, 4.69) is 34.8 Å². The first-order valence-electron chi connectivity index (χ1n) is 7.51. The zero-order valence-electron chi connectivity index (χ0n) is 12.5. The van der Waals surface area contributed by atoms with Gasteiger partial charge < -0.3 is 16.0 Å². The molecular formula is C14H28N4O. The van der Waals surface area contributed by atoms with Crippen LogP contribution in [0.2, 0.25) is 0 Å². The van der Waals surface area contributed by atoms with Crippen LogP contribution in [0.4, 0.5) is 0 Å². The van der Waals surface area contributed by atoms with Crippen LogP contribution in [0.5, 0.6) is 0 Å². The monoisotopic (exact) mass is 268 g/mol. The molecule has 1 saturated carbocycles. The fraction of sp³-hybridized carbons (Fsp3) is 0.857. The molecule has 1 rings (SSSR count). The van der Waals surface area contributed by atoms with Crippen LogP contribution >= 0.6 is 0 Å². The molecule has 0 unspecified atom stereocenters. The topological polar surface area (TPSA) is 65.5 Å². The highest BCUT2D eigenvalue weighted by molar-refractivity contribution is 5.85. The quantitative estimate of drug-likeness (QED) is 0.458. The van der Waals surface area contributed by atoms with Crippen molar-refractivity contribution < 1.29 is 4.79 Å². The minimum atomic E-state index is 0.0160. The van der Waals surface area contributed by atoms with Crippen molar-refractivity contribution in [1.29, 1.82) is 0 Å². The third kappa shape index (κ3) is 7.03. The lowest BCUT2D eigenvalue weighted by atomic mass is 10.0. The van der Waals surface area contributed by atoms with Crippen LogP contribution < -0.4 is 16.0 Å². The lowest BCUT2D eigenvalue weighted by Gasteiger charge is -2.16. The molecule has 0 aromatic rings. The number of hydrogen-bond donors (Lipinski definition) is 3. The summed E-state index contributed by atoms with van der Waals surface area (Å²) in [5, 5.41) is 9.41. The molecule has 0 radical (unpaired) electrons. The van der Waals surface area contributed by atoms with Gasteiger partial charge in [-0.3, -0.25) is 4.79 Å². The Balaban J connectivity index is 2.33. The first-order chi connectivity index (χ1) is 9.19. The number of amides is 1. The maximum atomic E-state index is 11.6. The Hall–Kier alpha value is -1.26. The van der Waals surface area contributed by atoms with Gasteiger partial charge in [0.15, 0.2) is 5.96 Å². The van der Waals surface area contributed by atoms with Gasteiger partial charge in [0.1, 0.15) is 6.54 Å². The molecule has 0 saturated heterocycles. The molecule has 0 spiro atoms. The van der Waals surface area contributed by atoms with Gasteiger partial charge in [0.05, 0.1) is 0 Å². The summed E-state index contributed by atoms with van der Waals surface area (Å²) in [5.41, 5.74) is 0. The maximum absolute atomic E-state index is 11.6. The fourth-order valence-corrected chi connectivity index (χ4v) is 1.81. The SMILES string of the molecule is CCNC(=NCC(=O)NC1CC1)NCC(CC)CC. The number of nitrogens with one attached hydrogen (secondary N) is 3. The molecule has 0 heterocycles. The van der Waals surface area contributed by atoms with Crippen molar-refractivity contribution in [3.05, 3.63) is 0 Å². The highest BCUT2D eigenvalue weighted by Gasteiger charge is 2.22. The molecule has 1 amide bonds. The molecule has 1 fully saturated rings. The van der Waals surface area contributed by atoms with Gasteiger partial charge >= 0.3 is 0 Å². The molecule has 19 heavy (non-hydrogen) atoms. The number of guanidine groups is 1. The molecule has 110 valence electrons. The van der Waals surface area contributed by atoms with Crippen molar-refractivity contribution in [2.24, 2.45) is 10.9 Å². The van der Waals surface area contributed by atoms with Gasteiger partial charge in [-0.1, -0.05) is 26.7 Å². The van der Waals surface area contributed by atoms with Gasteiger partial charge in [0, 0.05) is 19.1 Å². The Labute approximate surface area is 116 Å². The predicted octanol–water partition coefficient (Wildman–Crippen LogP) is 1.26. The predicted molar refractivity (Wildman–Crippen MR) is 79.2 cm³/mol. The zero-order valence-corrected chi connectivity index (χ0v) is 12.5. The fourth-order valence-electron chi connectivity index (χ4n) is 1.81. The van der Waals surface area contributed by atoms with E-state index in [-0.39, 0.29) is 12.5 Å². The lowest BCUT2D eigenvalue weighted by Crippen LogP contribution is -2.40. The minimum Gasteiger partial charge on any atom is -0.357 e. The number of carbonyl (C=O) groups excluding carboxylic acids is 1. The third-order valence-electron chi connectivity index (χ3n) is 3.38. The van der Waals surface area contributed by atoms with E-state index in [0.29, 0.717) is 12.0 Å². The van der Waals surface area contributed by atoms with Crippen molar-refractivity contribution >= 4 is 11.9 Å². The van der Waals surface area contributed by atoms with E-state index in [1.807, 2.05) is 6.92 Å². The Morgan fingerprint density at radius 2 is 1.89 bits per heavy atom. The van der Waals surface area contributed by atoms with Gasteiger partial charge in [0.2, 0.25) is 5.91 Å². The molecule has 0 bridgehead atoms. The first kappa shape index (κ1) is 15.8.